The summed E-state index contributed by atoms with van der Waals surface area (Å²) in [5.41, 5.74) is 0.936. The molecule has 3 fully saturated rings. The van der Waals surface area contributed by atoms with Crippen LogP contribution in [0, 0.1) is 23.7 Å². The molecule has 1 aliphatic carbocycles. The first-order valence-electron chi connectivity index (χ1n) is 16.6. The third kappa shape index (κ3) is 7.59. The number of benzene rings is 1. The zero-order valence-corrected chi connectivity index (χ0v) is 27.3. The molecule has 12 heteroatoms. The summed E-state index contributed by atoms with van der Waals surface area (Å²) in [6.45, 7) is 11.2. The highest BCUT2D eigenvalue weighted by atomic mass is 16.6. The van der Waals surface area contributed by atoms with Crippen molar-refractivity contribution in [3.63, 3.8) is 0 Å². The number of nitrogens with one attached hydrogen (secondary N) is 1. The number of piperidine rings is 1. The Kier molecular flexibility index (Phi) is 10.7. The van der Waals surface area contributed by atoms with Crippen molar-refractivity contribution < 1.29 is 28.7 Å². The SMILES string of the molecule is CCCCCOC(=O)N1CCN(C(=O)[C@@H](NC(=O)c2cc(N3CC4C(C3)C4C(=O)OCC)nc(-c3ccccc3)n2)C(C)C)CC1. The Morgan fingerprint density at radius 1 is 0.913 bits per heavy atom. The molecule has 0 radical (unpaired) electrons. The lowest BCUT2D eigenvalue weighted by atomic mass is 10.0. The molecule has 2 unspecified atom stereocenters. The molecule has 1 aromatic carbocycles. The van der Waals surface area contributed by atoms with Gasteiger partial charge in [-0.05, 0) is 31.1 Å². The minimum atomic E-state index is -0.775. The quantitative estimate of drug-likeness (QED) is 0.275. The Labute approximate surface area is 270 Å². The lowest BCUT2D eigenvalue weighted by Gasteiger charge is -2.36. The van der Waals surface area contributed by atoms with Crippen molar-refractivity contribution in [3.8, 4) is 11.4 Å². The summed E-state index contributed by atoms with van der Waals surface area (Å²) in [6, 6.07) is 10.3. The van der Waals surface area contributed by atoms with E-state index >= 15 is 0 Å². The van der Waals surface area contributed by atoms with Crippen molar-refractivity contribution in [2.75, 3.05) is 57.4 Å². The molecular formula is C34H46N6O6. The number of aromatic nitrogens is 2. The summed E-state index contributed by atoms with van der Waals surface area (Å²) >= 11 is 0. The third-order valence-corrected chi connectivity index (χ3v) is 9.10. The number of hydrogen-bond acceptors (Lipinski definition) is 9. The summed E-state index contributed by atoms with van der Waals surface area (Å²) in [5, 5.41) is 2.95. The molecule has 0 spiro atoms. The summed E-state index contributed by atoms with van der Waals surface area (Å²) in [4.78, 5) is 67.0. The summed E-state index contributed by atoms with van der Waals surface area (Å²) in [5.74, 6) is 0.379. The number of ether oxygens (including phenoxy) is 2. The molecule has 1 aromatic heterocycles. The predicted molar refractivity (Wildman–Crippen MR) is 172 cm³/mol. The third-order valence-electron chi connectivity index (χ3n) is 9.10. The Hall–Kier alpha value is -4.22. The van der Waals surface area contributed by atoms with Crippen LogP contribution in [0.15, 0.2) is 36.4 Å². The first-order chi connectivity index (χ1) is 22.2. The summed E-state index contributed by atoms with van der Waals surface area (Å²) in [6.07, 6.45) is 2.55. The second kappa shape index (κ2) is 14.9. The van der Waals surface area contributed by atoms with Gasteiger partial charge in [-0.15, -0.1) is 0 Å². The van der Waals surface area contributed by atoms with Crippen molar-refractivity contribution in [2.24, 2.45) is 23.7 Å². The zero-order chi connectivity index (χ0) is 32.8. The maximum atomic E-state index is 13.8. The topological polar surface area (TPSA) is 134 Å². The van der Waals surface area contributed by atoms with Gasteiger partial charge in [0.25, 0.3) is 5.91 Å². The van der Waals surface area contributed by atoms with E-state index in [4.69, 9.17) is 14.5 Å². The van der Waals surface area contributed by atoms with Gasteiger partial charge in [0.15, 0.2) is 5.82 Å². The van der Waals surface area contributed by atoms with E-state index in [1.165, 1.54) is 0 Å². The number of esters is 1. The monoisotopic (exact) mass is 634 g/mol. The van der Waals surface area contributed by atoms with E-state index in [0.717, 1.165) is 24.8 Å². The molecule has 5 rings (SSSR count). The average molecular weight is 635 g/mol. The van der Waals surface area contributed by atoms with E-state index in [2.05, 4.69) is 22.1 Å². The molecule has 46 heavy (non-hydrogen) atoms. The number of rotatable bonds is 12. The fraction of sp³-hybridized carbons (Fsp3) is 0.588. The molecule has 3 amide bonds. The standard InChI is InChI=1S/C34H46N6O6/c1-5-7-11-18-46-34(44)39-16-14-38(15-17-39)32(42)29(22(3)4)37-31(41)26-19-27(36-30(35-26)23-12-9-8-10-13-23)40-20-24-25(21-40)28(24)33(43)45-6-2/h8-10,12-13,19,22,24-25,28-29H,5-7,11,14-18,20-21H2,1-4H3,(H,37,41)/t24?,25?,28?,29-/m0/s1. The second-order valence-corrected chi connectivity index (χ2v) is 12.6. The van der Waals surface area contributed by atoms with Crippen molar-refractivity contribution in [2.45, 2.75) is 53.0 Å². The highest BCUT2D eigenvalue weighted by Gasteiger charge is 2.60. The van der Waals surface area contributed by atoms with E-state index in [-0.39, 0.29) is 47.3 Å². The van der Waals surface area contributed by atoms with Crippen LogP contribution in [-0.2, 0) is 19.1 Å². The number of hydrogen-bond donors (Lipinski definition) is 1. The van der Waals surface area contributed by atoms with Gasteiger partial charge < -0.3 is 29.5 Å². The van der Waals surface area contributed by atoms with Crippen LogP contribution in [0.5, 0.6) is 0 Å². The number of carbonyl (C=O) groups excluding carboxylic acids is 4. The van der Waals surface area contributed by atoms with Gasteiger partial charge in [-0.2, -0.15) is 0 Å². The van der Waals surface area contributed by atoms with E-state index in [1.54, 1.807) is 15.9 Å². The number of piperazine rings is 1. The molecule has 2 aromatic rings. The largest absolute Gasteiger partial charge is 0.466 e. The van der Waals surface area contributed by atoms with Crippen LogP contribution in [0.1, 0.15) is 57.4 Å². The average Bonchev–Trinajstić information content (AvgIpc) is 3.58. The van der Waals surface area contributed by atoms with Crippen LogP contribution >= 0.6 is 0 Å². The fourth-order valence-corrected chi connectivity index (χ4v) is 6.37. The van der Waals surface area contributed by atoms with Crippen LogP contribution in [-0.4, -0.2) is 102 Å². The molecule has 248 valence electrons. The van der Waals surface area contributed by atoms with Crippen LogP contribution in [0.25, 0.3) is 11.4 Å². The molecule has 12 nitrogen and oxygen atoms in total. The minimum absolute atomic E-state index is 0.0782. The highest BCUT2D eigenvalue weighted by molar-refractivity contribution is 5.97. The Bertz CT molecular complexity index is 1380. The number of carbonyl (C=O) groups is 4. The van der Waals surface area contributed by atoms with Crippen LogP contribution in [0.2, 0.25) is 0 Å². The maximum absolute atomic E-state index is 13.8. The van der Waals surface area contributed by atoms with Crippen LogP contribution in [0.4, 0.5) is 10.6 Å². The zero-order valence-electron chi connectivity index (χ0n) is 27.3. The first kappa shape index (κ1) is 33.2. The van der Waals surface area contributed by atoms with Crippen LogP contribution in [0.3, 0.4) is 0 Å². The smallest absolute Gasteiger partial charge is 0.409 e. The predicted octanol–water partition coefficient (Wildman–Crippen LogP) is 3.61. The summed E-state index contributed by atoms with van der Waals surface area (Å²) < 4.78 is 10.6. The molecular weight excluding hydrogens is 588 g/mol. The van der Waals surface area contributed by atoms with Crippen LogP contribution < -0.4 is 10.2 Å². The van der Waals surface area contributed by atoms with Gasteiger partial charge in [0, 0.05) is 50.9 Å². The normalized spacial score (nSPS) is 21.1. The molecule has 1 N–H and O–H groups in total. The number of anilines is 1. The molecule has 3 atom stereocenters. The molecule has 3 heterocycles. The van der Waals surface area contributed by atoms with Gasteiger partial charge in [0.1, 0.15) is 17.6 Å². The number of fused-ring (bicyclic) bond motifs is 1. The highest BCUT2D eigenvalue weighted by Crippen LogP contribution is 2.53. The first-order valence-corrected chi connectivity index (χ1v) is 16.6. The Morgan fingerprint density at radius 2 is 1.59 bits per heavy atom. The maximum Gasteiger partial charge on any atom is 0.409 e. The van der Waals surface area contributed by atoms with E-state index in [9.17, 15) is 19.2 Å². The van der Waals surface area contributed by atoms with Crippen molar-refractivity contribution >= 4 is 29.7 Å². The minimum Gasteiger partial charge on any atom is -0.466 e. The Morgan fingerprint density at radius 3 is 2.22 bits per heavy atom. The van der Waals surface area contributed by atoms with Crippen molar-refractivity contribution in [1.82, 2.24) is 25.1 Å². The second-order valence-electron chi connectivity index (χ2n) is 12.6. The van der Waals surface area contributed by atoms with Gasteiger partial charge in [-0.1, -0.05) is 63.9 Å². The van der Waals surface area contributed by atoms with Gasteiger partial charge in [0.05, 0.1) is 19.1 Å². The number of amides is 3. The molecule has 1 saturated carbocycles. The lowest BCUT2D eigenvalue weighted by Crippen LogP contribution is -2.57. The molecule has 3 aliphatic rings. The van der Waals surface area contributed by atoms with Gasteiger partial charge in [0.2, 0.25) is 5.91 Å². The lowest BCUT2D eigenvalue weighted by molar-refractivity contribution is -0.145. The number of unbranched alkanes of at least 4 members (excludes halogenated alkanes) is 2. The van der Waals surface area contributed by atoms with Gasteiger partial charge in [-0.25, -0.2) is 14.8 Å². The van der Waals surface area contributed by atoms with E-state index in [1.807, 2.05) is 51.1 Å². The molecule has 2 aliphatic heterocycles. The summed E-state index contributed by atoms with van der Waals surface area (Å²) in [7, 11) is 0. The molecule has 2 saturated heterocycles. The van der Waals surface area contributed by atoms with Crippen molar-refractivity contribution in [1.29, 1.82) is 0 Å². The Balaban J connectivity index is 1.26. The van der Waals surface area contributed by atoms with Gasteiger partial charge in [-0.3, -0.25) is 14.4 Å². The van der Waals surface area contributed by atoms with Crippen molar-refractivity contribution in [3.05, 3.63) is 42.1 Å². The van der Waals surface area contributed by atoms with E-state index in [0.29, 0.717) is 64.1 Å². The van der Waals surface area contributed by atoms with Gasteiger partial charge >= 0.3 is 12.1 Å². The fourth-order valence-electron chi connectivity index (χ4n) is 6.37. The number of nitrogens with zero attached hydrogens (tertiary/aromatic N) is 5. The molecule has 0 bridgehead atoms. The van der Waals surface area contributed by atoms with E-state index < -0.39 is 11.9 Å².